The predicted octanol–water partition coefficient (Wildman–Crippen LogP) is 5.38. The van der Waals surface area contributed by atoms with Gasteiger partial charge in [-0.1, -0.05) is 29.3 Å². The predicted molar refractivity (Wildman–Crippen MR) is 90.0 cm³/mol. The van der Waals surface area contributed by atoms with Gasteiger partial charge in [0.2, 0.25) is 0 Å². The molecule has 0 atom stereocenters. The Morgan fingerprint density at radius 3 is 2.60 bits per heavy atom. The highest BCUT2D eigenvalue weighted by molar-refractivity contribution is 14.1. The third kappa shape index (κ3) is 3.87. The zero-order chi connectivity index (χ0) is 14.7. The number of ether oxygens (including phenoxy) is 1. The second kappa shape index (κ2) is 6.78. The molecule has 0 saturated heterocycles. The molecule has 0 unspecified atom stereocenters. The van der Waals surface area contributed by atoms with Crippen LogP contribution in [-0.4, -0.2) is 5.78 Å². The lowest BCUT2D eigenvalue weighted by atomic mass is 10.1. The van der Waals surface area contributed by atoms with Crippen LogP contribution in [0, 0.1) is 3.57 Å². The van der Waals surface area contributed by atoms with Crippen LogP contribution in [0.5, 0.6) is 5.75 Å². The highest BCUT2D eigenvalue weighted by Gasteiger charge is 2.08. The van der Waals surface area contributed by atoms with Gasteiger partial charge in [-0.25, -0.2) is 0 Å². The van der Waals surface area contributed by atoms with Crippen molar-refractivity contribution in [2.75, 3.05) is 0 Å². The molecule has 0 N–H and O–H groups in total. The lowest BCUT2D eigenvalue weighted by Crippen LogP contribution is -2.01. The highest BCUT2D eigenvalue weighted by Crippen LogP contribution is 2.28. The zero-order valence-electron chi connectivity index (χ0n) is 10.6. The first-order chi connectivity index (χ1) is 9.47. The van der Waals surface area contributed by atoms with Gasteiger partial charge < -0.3 is 4.74 Å². The summed E-state index contributed by atoms with van der Waals surface area (Å²) in [5.74, 6) is 0.611. The number of rotatable bonds is 4. The Morgan fingerprint density at radius 1 is 1.20 bits per heavy atom. The number of benzene rings is 2. The highest BCUT2D eigenvalue weighted by atomic mass is 127. The Morgan fingerprint density at radius 2 is 1.95 bits per heavy atom. The summed E-state index contributed by atoms with van der Waals surface area (Å²) < 4.78 is 6.58. The summed E-state index contributed by atoms with van der Waals surface area (Å²) in [5.41, 5.74) is 1.62. The minimum Gasteiger partial charge on any atom is -0.487 e. The lowest BCUT2D eigenvalue weighted by Gasteiger charge is -2.09. The molecule has 0 amide bonds. The molecule has 0 aliphatic rings. The molecule has 2 nitrogen and oxygen atoms in total. The van der Waals surface area contributed by atoms with Crippen LogP contribution in [0.2, 0.25) is 10.0 Å². The minimum atomic E-state index is 0.0424. The van der Waals surface area contributed by atoms with Crippen molar-refractivity contribution in [2.24, 2.45) is 0 Å². The zero-order valence-corrected chi connectivity index (χ0v) is 14.3. The first kappa shape index (κ1) is 15.6. The Hall–Kier alpha value is -0.780. The number of carbonyl (C=O) groups excluding carboxylic acids is 1. The minimum absolute atomic E-state index is 0.0424. The van der Waals surface area contributed by atoms with E-state index < -0.39 is 0 Å². The number of Topliss-reactive ketones (excluding diaryl/α,β-unsaturated/α-hetero) is 1. The standard InChI is InChI=1S/C15H11Cl2IO2/c1-9(19)12-6-10(2-4-14(12)18)8-20-15-5-3-11(16)7-13(15)17/h2-7H,8H2,1H3. The molecule has 2 rings (SSSR count). The lowest BCUT2D eigenvalue weighted by molar-refractivity contribution is 0.101. The van der Waals surface area contributed by atoms with Gasteiger partial charge in [0.05, 0.1) is 5.02 Å². The summed E-state index contributed by atoms with van der Waals surface area (Å²) in [6.45, 7) is 1.90. The van der Waals surface area contributed by atoms with Crippen LogP contribution in [0.25, 0.3) is 0 Å². The average molecular weight is 421 g/mol. The van der Waals surface area contributed by atoms with Gasteiger partial charge in [0.1, 0.15) is 12.4 Å². The van der Waals surface area contributed by atoms with Crippen LogP contribution in [0.4, 0.5) is 0 Å². The van der Waals surface area contributed by atoms with E-state index in [1.165, 1.54) is 0 Å². The molecule has 5 heteroatoms. The van der Waals surface area contributed by atoms with Gasteiger partial charge in [-0.2, -0.15) is 0 Å². The topological polar surface area (TPSA) is 26.3 Å². The summed E-state index contributed by atoms with van der Waals surface area (Å²) in [7, 11) is 0. The molecule has 0 radical (unpaired) electrons. The van der Waals surface area contributed by atoms with Crippen molar-refractivity contribution < 1.29 is 9.53 Å². The van der Waals surface area contributed by atoms with E-state index in [4.69, 9.17) is 27.9 Å². The molecule has 0 aliphatic carbocycles. The third-order valence-corrected chi connectivity index (χ3v) is 4.17. The molecule has 0 saturated carbocycles. The van der Waals surface area contributed by atoms with E-state index in [0.717, 1.165) is 9.13 Å². The summed E-state index contributed by atoms with van der Waals surface area (Å²) in [5, 5.41) is 1.03. The van der Waals surface area contributed by atoms with Crippen molar-refractivity contribution in [1.82, 2.24) is 0 Å². The molecule has 0 spiro atoms. The van der Waals surface area contributed by atoms with Crippen LogP contribution < -0.4 is 4.74 Å². The SMILES string of the molecule is CC(=O)c1cc(COc2ccc(Cl)cc2Cl)ccc1I. The van der Waals surface area contributed by atoms with Crippen LogP contribution in [0.1, 0.15) is 22.8 Å². The van der Waals surface area contributed by atoms with E-state index in [2.05, 4.69) is 22.6 Å². The fourth-order valence-corrected chi connectivity index (χ4v) is 2.86. The van der Waals surface area contributed by atoms with Crippen molar-refractivity contribution in [2.45, 2.75) is 13.5 Å². The van der Waals surface area contributed by atoms with Gasteiger partial charge in [0, 0.05) is 14.2 Å². The number of carbonyl (C=O) groups is 1. The maximum atomic E-state index is 11.5. The Balaban J connectivity index is 2.15. The van der Waals surface area contributed by atoms with E-state index in [1.807, 2.05) is 18.2 Å². The molecule has 20 heavy (non-hydrogen) atoms. The van der Waals surface area contributed by atoms with Crippen LogP contribution in [-0.2, 0) is 6.61 Å². The molecule has 2 aromatic rings. The third-order valence-electron chi connectivity index (χ3n) is 2.70. The number of hydrogen-bond donors (Lipinski definition) is 0. The van der Waals surface area contributed by atoms with E-state index >= 15 is 0 Å². The number of ketones is 1. The Labute approximate surface area is 141 Å². The maximum absolute atomic E-state index is 11.5. The van der Waals surface area contributed by atoms with Crippen molar-refractivity contribution in [3.8, 4) is 5.75 Å². The quantitative estimate of drug-likeness (QED) is 0.490. The normalized spacial score (nSPS) is 10.4. The van der Waals surface area contributed by atoms with Gasteiger partial charge >= 0.3 is 0 Å². The molecular formula is C15H11Cl2IO2. The van der Waals surface area contributed by atoms with E-state index in [-0.39, 0.29) is 5.78 Å². The van der Waals surface area contributed by atoms with Gasteiger partial charge in [-0.05, 0) is 65.4 Å². The second-order valence-electron chi connectivity index (χ2n) is 4.23. The Bertz CT molecular complexity index is 656. The van der Waals surface area contributed by atoms with E-state index in [0.29, 0.717) is 28.0 Å². The first-order valence-electron chi connectivity index (χ1n) is 5.84. The molecule has 2 aromatic carbocycles. The summed E-state index contributed by atoms with van der Waals surface area (Å²) in [6, 6.07) is 10.7. The second-order valence-corrected chi connectivity index (χ2v) is 6.24. The molecule has 0 aromatic heterocycles. The number of halogens is 3. The largest absolute Gasteiger partial charge is 0.487 e. The monoisotopic (exact) mass is 420 g/mol. The van der Waals surface area contributed by atoms with Crippen molar-refractivity contribution >= 4 is 51.6 Å². The molecule has 104 valence electrons. The van der Waals surface area contributed by atoms with Crippen molar-refractivity contribution in [3.05, 3.63) is 61.1 Å². The Kier molecular flexibility index (Phi) is 5.29. The van der Waals surface area contributed by atoms with E-state index in [1.54, 1.807) is 25.1 Å². The fourth-order valence-electron chi connectivity index (χ4n) is 1.69. The van der Waals surface area contributed by atoms with Crippen LogP contribution >= 0.6 is 45.8 Å². The molecular weight excluding hydrogens is 410 g/mol. The van der Waals surface area contributed by atoms with E-state index in [9.17, 15) is 4.79 Å². The van der Waals surface area contributed by atoms with Crippen LogP contribution in [0.3, 0.4) is 0 Å². The maximum Gasteiger partial charge on any atom is 0.160 e. The fraction of sp³-hybridized carbons (Fsp3) is 0.133. The summed E-state index contributed by atoms with van der Waals surface area (Å²) in [6.07, 6.45) is 0. The average Bonchev–Trinajstić information content (AvgIpc) is 2.39. The molecule has 0 fully saturated rings. The molecule has 0 aliphatic heterocycles. The van der Waals surface area contributed by atoms with Crippen molar-refractivity contribution in [3.63, 3.8) is 0 Å². The first-order valence-corrected chi connectivity index (χ1v) is 7.68. The smallest absolute Gasteiger partial charge is 0.160 e. The van der Waals surface area contributed by atoms with Gasteiger partial charge in [-0.3, -0.25) is 4.79 Å². The summed E-state index contributed by atoms with van der Waals surface area (Å²) in [4.78, 5) is 11.5. The molecule has 0 heterocycles. The van der Waals surface area contributed by atoms with Gasteiger partial charge in [0.25, 0.3) is 0 Å². The van der Waals surface area contributed by atoms with Gasteiger partial charge in [0.15, 0.2) is 5.78 Å². The summed E-state index contributed by atoms with van der Waals surface area (Å²) >= 11 is 14.0. The molecule has 0 bridgehead atoms. The van der Waals surface area contributed by atoms with Crippen LogP contribution in [0.15, 0.2) is 36.4 Å². The van der Waals surface area contributed by atoms with Gasteiger partial charge in [-0.15, -0.1) is 0 Å². The van der Waals surface area contributed by atoms with Crippen molar-refractivity contribution in [1.29, 1.82) is 0 Å². The number of hydrogen-bond acceptors (Lipinski definition) is 2.